The number of aliphatic hydroxyl groups is 1. The van der Waals surface area contributed by atoms with Crippen LogP contribution in [0.3, 0.4) is 0 Å². The Morgan fingerprint density at radius 1 is 1.13 bits per heavy atom. The molecule has 0 radical (unpaired) electrons. The molecule has 5 nitrogen and oxygen atoms in total. The highest BCUT2D eigenvalue weighted by atomic mass is 19.1. The molecule has 0 aliphatic heterocycles. The molecule has 0 spiro atoms. The topological polar surface area (TPSA) is 76.3 Å². The normalized spacial score (nSPS) is 12.3. The van der Waals surface area contributed by atoms with E-state index in [0.29, 0.717) is 22.2 Å². The first kappa shape index (κ1) is 15.1. The van der Waals surface area contributed by atoms with Crippen molar-refractivity contribution in [2.24, 2.45) is 0 Å². The van der Waals surface area contributed by atoms with E-state index >= 15 is 0 Å². The van der Waals surface area contributed by atoms with Gasteiger partial charge in [0.15, 0.2) is 0 Å². The van der Waals surface area contributed by atoms with Gasteiger partial charge in [-0.1, -0.05) is 6.07 Å². The molecule has 6 heteroatoms. The number of nitro groups is 1. The van der Waals surface area contributed by atoms with E-state index in [4.69, 9.17) is 0 Å². The second-order valence-corrected chi connectivity index (χ2v) is 5.21. The van der Waals surface area contributed by atoms with Gasteiger partial charge in [-0.3, -0.25) is 15.1 Å². The molecule has 0 bridgehead atoms. The average Bonchev–Trinajstić information content (AvgIpc) is 2.55. The van der Waals surface area contributed by atoms with Gasteiger partial charge < -0.3 is 5.11 Å². The lowest BCUT2D eigenvalue weighted by molar-refractivity contribution is -0.384. The van der Waals surface area contributed by atoms with Crippen LogP contribution >= 0.6 is 0 Å². The summed E-state index contributed by atoms with van der Waals surface area (Å²) in [6.45, 7) is 0. The summed E-state index contributed by atoms with van der Waals surface area (Å²) in [5, 5.41) is 21.6. The first-order valence-electron chi connectivity index (χ1n) is 7.00. The smallest absolute Gasteiger partial charge is 0.269 e. The van der Waals surface area contributed by atoms with E-state index < -0.39 is 11.0 Å². The Morgan fingerprint density at radius 2 is 1.87 bits per heavy atom. The molecule has 0 aliphatic rings. The van der Waals surface area contributed by atoms with Crippen molar-refractivity contribution in [3.05, 3.63) is 81.8 Å². The van der Waals surface area contributed by atoms with Crippen molar-refractivity contribution in [3.8, 4) is 0 Å². The van der Waals surface area contributed by atoms with Crippen LogP contribution in [0, 0.1) is 15.9 Å². The minimum absolute atomic E-state index is 0.0215. The van der Waals surface area contributed by atoms with Crippen LogP contribution in [-0.2, 0) is 6.42 Å². The first-order chi connectivity index (χ1) is 11.0. The van der Waals surface area contributed by atoms with Crippen molar-refractivity contribution < 1.29 is 14.4 Å². The molecular formula is C17H13FN2O3. The molecule has 0 saturated carbocycles. The number of nitrogens with zero attached hydrogens (tertiary/aromatic N) is 2. The third kappa shape index (κ3) is 3.32. The van der Waals surface area contributed by atoms with Crippen molar-refractivity contribution in [1.29, 1.82) is 0 Å². The van der Waals surface area contributed by atoms with Crippen LogP contribution in [0.4, 0.5) is 10.1 Å². The average molecular weight is 312 g/mol. The summed E-state index contributed by atoms with van der Waals surface area (Å²) in [4.78, 5) is 14.5. The van der Waals surface area contributed by atoms with Gasteiger partial charge in [-0.15, -0.1) is 0 Å². The number of pyridine rings is 1. The fourth-order valence-corrected chi connectivity index (χ4v) is 2.39. The van der Waals surface area contributed by atoms with Gasteiger partial charge in [0.05, 0.1) is 16.5 Å². The molecule has 3 rings (SSSR count). The van der Waals surface area contributed by atoms with Gasteiger partial charge in [0.2, 0.25) is 0 Å². The minimum atomic E-state index is -0.818. The Labute approximate surface area is 131 Å². The predicted molar refractivity (Wildman–Crippen MR) is 83.5 cm³/mol. The molecule has 0 amide bonds. The van der Waals surface area contributed by atoms with Gasteiger partial charge in [-0.05, 0) is 42.0 Å². The number of aromatic nitrogens is 1. The van der Waals surface area contributed by atoms with Gasteiger partial charge in [0, 0.05) is 29.6 Å². The van der Waals surface area contributed by atoms with Crippen LogP contribution in [0.1, 0.15) is 17.4 Å². The molecular weight excluding hydrogens is 299 g/mol. The van der Waals surface area contributed by atoms with E-state index in [1.165, 1.54) is 36.4 Å². The van der Waals surface area contributed by atoms with Crippen LogP contribution < -0.4 is 0 Å². The molecule has 1 unspecified atom stereocenters. The van der Waals surface area contributed by atoms with Crippen molar-refractivity contribution in [2.75, 3.05) is 0 Å². The van der Waals surface area contributed by atoms with Crippen molar-refractivity contribution in [3.63, 3.8) is 0 Å². The number of non-ortho nitro benzene ring substituents is 1. The summed E-state index contributed by atoms with van der Waals surface area (Å²) < 4.78 is 13.1. The minimum Gasteiger partial charge on any atom is -0.388 e. The summed E-state index contributed by atoms with van der Waals surface area (Å²) in [6.07, 6.45) is -0.549. The van der Waals surface area contributed by atoms with Crippen LogP contribution in [0.2, 0.25) is 0 Å². The zero-order valence-electron chi connectivity index (χ0n) is 12.0. The Kier molecular flexibility index (Phi) is 3.99. The van der Waals surface area contributed by atoms with E-state index in [1.54, 1.807) is 18.2 Å². The summed E-state index contributed by atoms with van der Waals surface area (Å²) in [6, 6.07) is 13.6. The summed E-state index contributed by atoms with van der Waals surface area (Å²) in [5.74, 6) is -0.321. The molecule has 1 N–H and O–H groups in total. The fraction of sp³-hybridized carbons (Fsp3) is 0.118. The molecule has 1 atom stereocenters. The molecule has 23 heavy (non-hydrogen) atoms. The summed E-state index contributed by atoms with van der Waals surface area (Å²) >= 11 is 0. The Morgan fingerprint density at radius 3 is 2.57 bits per heavy atom. The quantitative estimate of drug-likeness (QED) is 0.590. The highest BCUT2D eigenvalue weighted by molar-refractivity contribution is 5.78. The molecule has 116 valence electrons. The number of fused-ring (bicyclic) bond motifs is 1. The lowest BCUT2D eigenvalue weighted by Gasteiger charge is -2.11. The third-order valence-corrected chi connectivity index (χ3v) is 3.60. The van der Waals surface area contributed by atoms with E-state index in [9.17, 15) is 19.6 Å². The number of nitro benzene ring substituents is 1. The Bertz CT molecular complexity index is 865. The van der Waals surface area contributed by atoms with Gasteiger partial charge in [-0.25, -0.2) is 4.39 Å². The molecule has 1 heterocycles. The molecule has 1 aromatic heterocycles. The van der Waals surface area contributed by atoms with Crippen LogP contribution in [0.25, 0.3) is 10.9 Å². The molecule has 0 aliphatic carbocycles. The Hall–Kier alpha value is -2.86. The van der Waals surface area contributed by atoms with Crippen LogP contribution in [0.5, 0.6) is 0 Å². The molecule has 0 fully saturated rings. The SMILES string of the molecule is O=[N+]([O-])c1ccc(C(O)Cc2ccc3cc(F)ccc3n2)cc1. The molecule has 0 saturated heterocycles. The van der Waals surface area contributed by atoms with E-state index in [0.717, 1.165) is 0 Å². The standard InChI is InChI=1S/C17H13FN2O3/c18-13-4-8-16-12(9-13)1-5-14(19-16)10-17(21)11-2-6-15(7-3-11)20(22)23/h1-9,17,21H,10H2. The lowest BCUT2D eigenvalue weighted by Crippen LogP contribution is -2.03. The second kappa shape index (κ2) is 6.10. The number of benzene rings is 2. The van der Waals surface area contributed by atoms with E-state index in [2.05, 4.69) is 4.98 Å². The maximum Gasteiger partial charge on any atom is 0.269 e. The van der Waals surface area contributed by atoms with Gasteiger partial charge in [0.25, 0.3) is 5.69 Å². The number of hydrogen-bond donors (Lipinski definition) is 1. The second-order valence-electron chi connectivity index (χ2n) is 5.21. The van der Waals surface area contributed by atoms with Crippen molar-refractivity contribution >= 4 is 16.6 Å². The van der Waals surface area contributed by atoms with Crippen molar-refractivity contribution in [1.82, 2.24) is 4.98 Å². The monoisotopic (exact) mass is 312 g/mol. The zero-order valence-corrected chi connectivity index (χ0v) is 12.0. The zero-order chi connectivity index (χ0) is 16.4. The molecule has 2 aromatic carbocycles. The number of hydrogen-bond acceptors (Lipinski definition) is 4. The van der Waals surface area contributed by atoms with E-state index in [-0.39, 0.29) is 17.9 Å². The number of aliphatic hydroxyl groups excluding tert-OH is 1. The fourth-order valence-electron chi connectivity index (χ4n) is 2.39. The van der Waals surface area contributed by atoms with Crippen LogP contribution in [0.15, 0.2) is 54.6 Å². The lowest BCUT2D eigenvalue weighted by atomic mass is 10.0. The van der Waals surface area contributed by atoms with Gasteiger partial charge in [0.1, 0.15) is 5.82 Å². The number of halogens is 1. The predicted octanol–water partition coefficient (Wildman–Crippen LogP) is 3.56. The third-order valence-electron chi connectivity index (χ3n) is 3.60. The first-order valence-corrected chi connectivity index (χ1v) is 7.00. The maximum absolute atomic E-state index is 13.1. The van der Waals surface area contributed by atoms with Gasteiger partial charge >= 0.3 is 0 Å². The van der Waals surface area contributed by atoms with Crippen LogP contribution in [-0.4, -0.2) is 15.0 Å². The number of rotatable bonds is 4. The highest BCUT2D eigenvalue weighted by Crippen LogP contribution is 2.22. The Balaban J connectivity index is 1.80. The maximum atomic E-state index is 13.1. The highest BCUT2D eigenvalue weighted by Gasteiger charge is 2.12. The largest absolute Gasteiger partial charge is 0.388 e. The van der Waals surface area contributed by atoms with Crippen molar-refractivity contribution in [2.45, 2.75) is 12.5 Å². The summed E-state index contributed by atoms with van der Waals surface area (Å²) in [5.41, 5.74) is 1.87. The van der Waals surface area contributed by atoms with Gasteiger partial charge in [-0.2, -0.15) is 0 Å². The molecule has 3 aromatic rings. The van der Waals surface area contributed by atoms with E-state index in [1.807, 2.05) is 0 Å². The summed E-state index contributed by atoms with van der Waals surface area (Å²) in [7, 11) is 0.